The Labute approximate surface area is 366 Å². The van der Waals surface area contributed by atoms with Crippen LogP contribution in [0.2, 0.25) is 0 Å². The lowest BCUT2D eigenvalue weighted by molar-refractivity contribution is -0.295. The first-order valence-corrected chi connectivity index (χ1v) is 22.1. The van der Waals surface area contributed by atoms with Crippen LogP contribution >= 0.6 is 0 Å². The second kappa shape index (κ2) is 20.1. The maximum Gasteiger partial charge on any atom is 0.410 e. The summed E-state index contributed by atoms with van der Waals surface area (Å²) in [4.78, 5) is 61.7. The van der Waals surface area contributed by atoms with Crippen LogP contribution in [-0.4, -0.2) is 153 Å². The fraction of sp³-hybridized carbons (Fsp3) is 0.733. The predicted molar refractivity (Wildman–Crippen MR) is 231 cm³/mol. The van der Waals surface area contributed by atoms with Crippen LogP contribution in [0.3, 0.4) is 0 Å². The quantitative estimate of drug-likeness (QED) is 0.138. The van der Waals surface area contributed by atoms with E-state index in [1.807, 2.05) is 84.1 Å². The van der Waals surface area contributed by atoms with Crippen LogP contribution in [0.15, 0.2) is 30.5 Å². The van der Waals surface area contributed by atoms with Crippen molar-refractivity contribution >= 4 is 29.4 Å². The van der Waals surface area contributed by atoms with Crippen LogP contribution in [0.4, 0.5) is 10.5 Å². The Morgan fingerprint density at radius 2 is 1.77 bits per heavy atom. The Kier molecular flexibility index (Phi) is 15.9. The van der Waals surface area contributed by atoms with E-state index in [1.54, 1.807) is 35.4 Å². The van der Waals surface area contributed by atoms with Crippen LogP contribution in [0.1, 0.15) is 94.4 Å². The molecule has 13 atom stereocenters. The third kappa shape index (κ3) is 10.4. The Balaban J connectivity index is 1.45. The third-order valence-corrected chi connectivity index (χ3v) is 13.4. The van der Waals surface area contributed by atoms with E-state index in [0.717, 1.165) is 5.56 Å². The molecule has 0 saturated carbocycles. The summed E-state index contributed by atoms with van der Waals surface area (Å²) < 4.78 is 33.3. The number of methoxy groups -OCH3 is 1. The van der Waals surface area contributed by atoms with Gasteiger partial charge in [-0.1, -0.05) is 38.1 Å². The first-order valence-electron chi connectivity index (χ1n) is 22.1. The molecule has 17 nitrogen and oxygen atoms in total. The number of amides is 2. The number of aliphatic hydroxyl groups excluding tert-OH is 1. The number of rotatable bonds is 11. The van der Waals surface area contributed by atoms with Gasteiger partial charge in [0, 0.05) is 56.9 Å². The predicted octanol–water partition coefficient (Wildman–Crippen LogP) is 4.54. The Bertz CT molecular complexity index is 1880. The van der Waals surface area contributed by atoms with Crippen molar-refractivity contribution < 1.29 is 48.0 Å². The van der Waals surface area contributed by atoms with Gasteiger partial charge in [-0.05, 0) is 98.9 Å². The molecule has 4 heterocycles. The molecule has 1 aromatic carbocycles. The number of hydrogen-bond donors (Lipinski definition) is 2. The minimum atomic E-state index is -1.40. The van der Waals surface area contributed by atoms with Crippen LogP contribution in [0.5, 0.6) is 0 Å². The molecule has 5 rings (SSSR count). The highest BCUT2D eigenvalue weighted by Gasteiger charge is 2.60. The summed E-state index contributed by atoms with van der Waals surface area (Å²) in [5, 5.41) is 20.1. The van der Waals surface area contributed by atoms with E-state index in [-0.39, 0.29) is 36.9 Å². The van der Waals surface area contributed by atoms with E-state index >= 15 is 0 Å². The second-order valence-corrected chi connectivity index (χ2v) is 18.5. The van der Waals surface area contributed by atoms with E-state index in [2.05, 4.69) is 10.3 Å². The summed E-state index contributed by atoms with van der Waals surface area (Å²) in [7, 11) is 5.31. The van der Waals surface area contributed by atoms with Gasteiger partial charge in [-0.2, -0.15) is 0 Å². The monoisotopic (exact) mass is 870 g/mol. The van der Waals surface area contributed by atoms with E-state index in [4.69, 9.17) is 29.4 Å². The number of aromatic nitrogens is 3. The number of Topliss-reactive ketones (excluding diaryl/α,β-unsaturated/α-hetero) is 1. The number of ketones is 1. The molecule has 0 aliphatic carbocycles. The number of fused-ring (bicyclic) bond motifs is 1. The zero-order valence-corrected chi connectivity index (χ0v) is 38.8. The zero-order chi connectivity index (χ0) is 45.8. The van der Waals surface area contributed by atoms with E-state index < -0.39 is 77.6 Å². The lowest BCUT2D eigenvalue weighted by Crippen LogP contribution is -2.62. The summed E-state index contributed by atoms with van der Waals surface area (Å²) in [6.07, 6.45) is -0.698. The molecule has 2 amide bonds. The molecule has 2 aromatic rings. The smallest absolute Gasteiger partial charge is 0.410 e. The van der Waals surface area contributed by atoms with Gasteiger partial charge in [-0.25, -0.2) is 4.79 Å². The van der Waals surface area contributed by atoms with Crippen molar-refractivity contribution in [1.29, 1.82) is 0 Å². The standard InChI is InChI=1S/C45H71N7O10/c1-13-36-45(9)39(51(43(57)62-45)20-15-14-19-50-25-34(47-48-50)32-17-16-18-33(46)22-32)30(6)52(31(7)53)24-26(2)23-44(8,58-12)40(28(4)37(54)29(5)41(56)60-36)61-42-38(55)35(49(10)11)21-27(3)59-42/h16-18,22,25-30,35-36,38-40,42,55H,13-15,19-21,23-24,46H2,1-12H3/t26-,27?,28+,29-,30-,35?,36-,38?,39-,40-,42+,44-,45-/m1/s1. The maximum absolute atomic E-state index is 14.5. The number of nitrogen functional groups attached to an aromatic ring is 1. The van der Waals surface area contributed by atoms with Gasteiger partial charge < -0.3 is 44.3 Å². The Hall–Kier alpha value is -4.16. The fourth-order valence-electron chi connectivity index (χ4n) is 10.0. The second-order valence-electron chi connectivity index (χ2n) is 18.5. The number of anilines is 1. The van der Waals surface area contributed by atoms with E-state index in [1.165, 1.54) is 13.8 Å². The molecule has 3 fully saturated rings. The highest BCUT2D eigenvalue weighted by Crippen LogP contribution is 2.41. The minimum Gasteiger partial charge on any atom is -0.458 e. The SMILES string of the molecule is CC[C@H]1OC(=O)[C@H](C)C(=O)[C@H](C)[C@@H](O[C@@H]2OC(C)CC(N(C)C)C2O)[C@](C)(OC)C[C@@H](C)CN(C(C)=O)[C@H](C)[C@H]2N(CCCCn3cc(-c4cccc(N)c4)nn3)C(=O)O[C@]12C. The summed E-state index contributed by atoms with van der Waals surface area (Å²) in [6, 6.07) is 5.82. The van der Waals surface area contributed by atoms with Crippen molar-refractivity contribution in [2.45, 2.75) is 161 Å². The molecule has 1 aromatic heterocycles. The molecular formula is C45H71N7O10. The number of ether oxygens (including phenoxy) is 5. The van der Waals surface area contributed by atoms with E-state index in [0.29, 0.717) is 50.2 Å². The van der Waals surface area contributed by atoms with E-state index in [9.17, 15) is 24.3 Å². The number of benzene rings is 1. The first-order chi connectivity index (χ1) is 29.1. The largest absolute Gasteiger partial charge is 0.458 e. The van der Waals surface area contributed by atoms with Crippen molar-refractivity contribution in [3.8, 4) is 11.3 Å². The van der Waals surface area contributed by atoms with Gasteiger partial charge in [0.1, 0.15) is 23.8 Å². The van der Waals surface area contributed by atoms with Crippen molar-refractivity contribution in [2.75, 3.05) is 40.0 Å². The molecule has 3 aliphatic heterocycles. The Morgan fingerprint density at radius 3 is 2.40 bits per heavy atom. The number of aryl methyl sites for hydroxylation is 1. The van der Waals surface area contributed by atoms with Crippen LogP contribution in [0, 0.1) is 17.8 Å². The number of carbonyl (C=O) groups is 4. The van der Waals surface area contributed by atoms with Crippen molar-refractivity contribution in [3.63, 3.8) is 0 Å². The molecule has 17 heteroatoms. The minimum absolute atomic E-state index is 0.214. The lowest BCUT2D eigenvalue weighted by atomic mass is 9.78. The van der Waals surface area contributed by atoms with Crippen molar-refractivity contribution in [1.82, 2.24) is 29.7 Å². The molecule has 62 heavy (non-hydrogen) atoms. The van der Waals surface area contributed by atoms with Crippen molar-refractivity contribution in [3.05, 3.63) is 30.5 Å². The number of hydrogen-bond acceptors (Lipinski definition) is 14. The average Bonchev–Trinajstić information content (AvgIpc) is 3.80. The lowest BCUT2D eigenvalue weighted by Gasteiger charge is -2.47. The molecule has 0 spiro atoms. The number of unbranched alkanes of at least 4 members (excludes halogenated alkanes) is 1. The summed E-state index contributed by atoms with van der Waals surface area (Å²) in [6.45, 7) is 17.0. The number of nitrogens with zero attached hydrogens (tertiary/aromatic N) is 6. The zero-order valence-electron chi connectivity index (χ0n) is 38.8. The van der Waals surface area contributed by atoms with Crippen molar-refractivity contribution in [2.24, 2.45) is 17.8 Å². The fourth-order valence-corrected chi connectivity index (χ4v) is 10.0. The summed E-state index contributed by atoms with van der Waals surface area (Å²) >= 11 is 0. The number of aliphatic hydroxyl groups is 1. The molecule has 346 valence electrons. The number of carbonyl (C=O) groups excluding carboxylic acids is 4. The number of nitrogens with two attached hydrogens (primary N) is 1. The average molecular weight is 870 g/mol. The van der Waals surface area contributed by atoms with Gasteiger partial charge in [0.15, 0.2) is 17.7 Å². The number of likely N-dealkylation sites (N-methyl/N-ethyl adjacent to an activating group) is 1. The van der Waals surface area contributed by atoms with Gasteiger partial charge in [0.2, 0.25) is 5.91 Å². The van der Waals surface area contributed by atoms with Gasteiger partial charge in [0.05, 0.1) is 36.1 Å². The molecule has 0 bridgehead atoms. The Morgan fingerprint density at radius 1 is 1.08 bits per heavy atom. The summed E-state index contributed by atoms with van der Waals surface area (Å²) in [5.74, 6) is -3.84. The molecule has 3 saturated heterocycles. The molecule has 3 unspecified atom stereocenters. The van der Waals surface area contributed by atoms with Gasteiger partial charge in [0.25, 0.3) is 0 Å². The highest BCUT2D eigenvalue weighted by atomic mass is 16.7. The molecular weight excluding hydrogens is 799 g/mol. The summed E-state index contributed by atoms with van der Waals surface area (Å²) in [5.41, 5.74) is 5.59. The topological polar surface area (TPSA) is 201 Å². The van der Waals surface area contributed by atoms with Gasteiger partial charge >= 0.3 is 12.1 Å². The highest BCUT2D eigenvalue weighted by molar-refractivity contribution is 6.00. The number of cyclic esters (lactones) is 1. The van der Waals surface area contributed by atoms with Crippen LogP contribution in [0.25, 0.3) is 11.3 Å². The molecule has 0 radical (unpaired) electrons. The van der Waals surface area contributed by atoms with Crippen LogP contribution < -0.4 is 5.73 Å². The maximum atomic E-state index is 14.5. The first kappa shape index (κ1) is 48.9. The molecule has 3 N–H and O–H groups in total. The molecule has 3 aliphatic rings. The number of esters is 1. The van der Waals surface area contributed by atoms with Crippen LogP contribution in [-0.2, 0) is 44.6 Å². The normalized spacial score (nSPS) is 35.3. The third-order valence-electron chi connectivity index (χ3n) is 13.4. The van der Waals surface area contributed by atoms with Gasteiger partial charge in [-0.15, -0.1) is 5.10 Å². The van der Waals surface area contributed by atoms with Gasteiger partial charge in [-0.3, -0.25) is 24.0 Å².